The van der Waals surface area contributed by atoms with E-state index in [1.54, 1.807) is 6.26 Å². The van der Waals surface area contributed by atoms with Crippen LogP contribution in [0.3, 0.4) is 0 Å². The molecule has 5 nitrogen and oxygen atoms in total. The quantitative estimate of drug-likeness (QED) is 0.654. The molecule has 2 heterocycles. The second-order valence-corrected chi connectivity index (χ2v) is 14.7. The van der Waals surface area contributed by atoms with Crippen LogP contribution in [-0.4, -0.2) is 43.3 Å². The molecule has 1 fully saturated rings. The highest BCUT2D eigenvalue weighted by Gasteiger charge is 2.42. The summed E-state index contributed by atoms with van der Waals surface area (Å²) in [4.78, 5) is 4.35. The third kappa shape index (κ3) is 5.35. The van der Waals surface area contributed by atoms with Gasteiger partial charge in [-0.15, -0.1) is 0 Å². The van der Waals surface area contributed by atoms with Crippen LogP contribution in [0.2, 0.25) is 18.1 Å². The Morgan fingerprint density at radius 2 is 1.93 bits per heavy atom. The Hall–Kier alpha value is -0.953. The van der Waals surface area contributed by atoms with E-state index in [2.05, 4.69) is 52.7 Å². The van der Waals surface area contributed by atoms with Crippen molar-refractivity contribution in [3.63, 3.8) is 0 Å². The van der Waals surface area contributed by atoms with Crippen LogP contribution in [0.15, 0.2) is 16.3 Å². The van der Waals surface area contributed by atoms with Crippen molar-refractivity contribution in [1.29, 1.82) is 0 Å². The van der Waals surface area contributed by atoms with Gasteiger partial charge in [0.15, 0.2) is 14.2 Å². The molecular weight excluding hydrogens is 370 g/mol. The molecule has 1 aromatic rings. The minimum absolute atomic E-state index is 0.0247. The molecule has 0 unspecified atom stereocenters. The molecule has 28 heavy (non-hydrogen) atoms. The third-order valence-corrected chi connectivity index (χ3v) is 11.1. The van der Waals surface area contributed by atoms with E-state index in [-0.39, 0.29) is 29.1 Å². The second-order valence-electron chi connectivity index (χ2n) is 9.88. The number of nitrogens with zero attached hydrogens (tertiary/aromatic N) is 1. The fraction of sp³-hybridized carbons (Fsp3) is 0.773. The first kappa shape index (κ1) is 23.3. The van der Waals surface area contributed by atoms with E-state index in [0.717, 1.165) is 17.7 Å². The smallest absolute Gasteiger partial charge is 0.191 e. The van der Waals surface area contributed by atoms with Gasteiger partial charge in [-0.3, -0.25) is 0 Å². The molecule has 6 heteroatoms. The molecule has 0 aliphatic carbocycles. The zero-order chi connectivity index (χ0) is 21.3. The highest BCUT2D eigenvalue weighted by atomic mass is 28.4. The minimum atomic E-state index is -1.78. The number of hydrogen-bond acceptors (Lipinski definition) is 5. The summed E-state index contributed by atoms with van der Waals surface area (Å²) in [5.41, 5.74) is 1.85. The first-order valence-electron chi connectivity index (χ1n) is 10.4. The first-order chi connectivity index (χ1) is 12.8. The summed E-state index contributed by atoms with van der Waals surface area (Å²) in [7, 11) is -1.78. The molecule has 0 aromatic carbocycles. The van der Waals surface area contributed by atoms with E-state index in [4.69, 9.17) is 13.6 Å². The summed E-state index contributed by atoms with van der Waals surface area (Å²) in [6.07, 6.45) is 3.87. The fourth-order valence-corrected chi connectivity index (χ4v) is 4.64. The van der Waals surface area contributed by atoms with Crippen LogP contribution >= 0.6 is 0 Å². The van der Waals surface area contributed by atoms with Gasteiger partial charge in [-0.2, -0.15) is 0 Å². The summed E-state index contributed by atoms with van der Waals surface area (Å²) < 4.78 is 18.1. The van der Waals surface area contributed by atoms with Gasteiger partial charge in [0.1, 0.15) is 12.0 Å². The minimum Gasteiger partial charge on any atom is -0.449 e. The van der Waals surface area contributed by atoms with Crippen LogP contribution < -0.4 is 0 Å². The van der Waals surface area contributed by atoms with Gasteiger partial charge in [-0.25, -0.2) is 4.98 Å². The number of aryl methyl sites for hydroxylation is 1. The van der Waals surface area contributed by atoms with E-state index in [9.17, 15) is 5.11 Å². The van der Waals surface area contributed by atoms with Gasteiger partial charge in [0.2, 0.25) is 0 Å². The van der Waals surface area contributed by atoms with E-state index < -0.39 is 14.4 Å². The molecule has 160 valence electrons. The standard InChI is InChI=1S/C22H39NO4Si/c1-14(12-18-13-25-17(4)23-18)21-16(3)20(24)15(2)19(27-21)10-11-26-28(8,9)22(5,6)7/h12-13,15-16,19-21,24H,10-11H2,1-9H3/b14-12+/t15-,16+,19+,20-,21-/m0/s1. The zero-order valence-electron chi connectivity index (χ0n) is 19.1. The van der Waals surface area contributed by atoms with Gasteiger partial charge < -0.3 is 18.7 Å². The number of oxazole rings is 1. The number of hydrogen-bond donors (Lipinski definition) is 1. The molecule has 1 aliphatic rings. The molecule has 5 atom stereocenters. The van der Waals surface area contributed by atoms with Crippen molar-refractivity contribution < 1.29 is 18.7 Å². The lowest BCUT2D eigenvalue weighted by Crippen LogP contribution is -2.50. The van der Waals surface area contributed by atoms with Crippen LogP contribution in [-0.2, 0) is 9.16 Å². The Morgan fingerprint density at radius 1 is 1.29 bits per heavy atom. The van der Waals surface area contributed by atoms with Crippen molar-refractivity contribution in [2.45, 2.75) is 91.3 Å². The van der Waals surface area contributed by atoms with Gasteiger partial charge in [-0.05, 0) is 43.1 Å². The van der Waals surface area contributed by atoms with Crippen molar-refractivity contribution in [3.05, 3.63) is 23.4 Å². The van der Waals surface area contributed by atoms with Gasteiger partial charge in [0, 0.05) is 25.4 Å². The van der Waals surface area contributed by atoms with Crippen molar-refractivity contribution in [2.24, 2.45) is 11.8 Å². The first-order valence-corrected chi connectivity index (χ1v) is 13.3. The third-order valence-electron chi connectivity index (χ3n) is 6.60. The molecule has 1 aromatic heterocycles. The van der Waals surface area contributed by atoms with Gasteiger partial charge in [0.05, 0.1) is 18.3 Å². The van der Waals surface area contributed by atoms with Crippen LogP contribution in [0, 0.1) is 18.8 Å². The summed E-state index contributed by atoms with van der Waals surface area (Å²) in [6.45, 7) is 20.0. The second kappa shape index (κ2) is 8.82. The Bertz CT molecular complexity index is 676. The average Bonchev–Trinajstić information content (AvgIpc) is 2.98. The average molecular weight is 410 g/mol. The Labute approximate surface area is 171 Å². The van der Waals surface area contributed by atoms with Crippen molar-refractivity contribution in [3.8, 4) is 0 Å². The maximum Gasteiger partial charge on any atom is 0.191 e. The Kier molecular flexibility index (Phi) is 7.35. The lowest BCUT2D eigenvalue weighted by atomic mass is 9.80. The lowest BCUT2D eigenvalue weighted by molar-refractivity contribution is -0.153. The Balaban J connectivity index is 2.06. The summed E-state index contributed by atoms with van der Waals surface area (Å²) in [5, 5.41) is 11.0. The molecule has 1 aliphatic heterocycles. The Morgan fingerprint density at radius 3 is 2.46 bits per heavy atom. The van der Waals surface area contributed by atoms with Crippen molar-refractivity contribution >= 4 is 14.4 Å². The number of ether oxygens (including phenoxy) is 1. The molecular formula is C22H39NO4Si. The largest absolute Gasteiger partial charge is 0.449 e. The van der Waals surface area contributed by atoms with E-state index in [1.807, 2.05) is 19.9 Å². The predicted octanol–water partition coefficient (Wildman–Crippen LogP) is 5.20. The molecule has 1 saturated heterocycles. The normalized spacial score (nSPS) is 29.9. The van der Waals surface area contributed by atoms with E-state index in [0.29, 0.717) is 12.5 Å². The van der Waals surface area contributed by atoms with Gasteiger partial charge in [-0.1, -0.05) is 34.6 Å². The van der Waals surface area contributed by atoms with Crippen molar-refractivity contribution in [1.82, 2.24) is 4.98 Å². The highest BCUT2D eigenvalue weighted by Crippen LogP contribution is 2.38. The highest BCUT2D eigenvalue weighted by molar-refractivity contribution is 6.74. The molecule has 1 N–H and O–H groups in total. The van der Waals surface area contributed by atoms with Crippen LogP contribution in [0.4, 0.5) is 0 Å². The number of aromatic nitrogens is 1. The maximum absolute atomic E-state index is 10.8. The van der Waals surface area contributed by atoms with Gasteiger partial charge in [0.25, 0.3) is 0 Å². The molecule has 0 spiro atoms. The van der Waals surface area contributed by atoms with E-state index in [1.165, 1.54) is 0 Å². The van der Waals surface area contributed by atoms with Crippen LogP contribution in [0.5, 0.6) is 0 Å². The van der Waals surface area contributed by atoms with Crippen molar-refractivity contribution in [2.75, 3.05) is 6.61 Å². The monoisotopic (exact) mass is 409 g/mol. The zero-order valence-corrected chi connectivity index (χ0v) is 20.1. The molecule has 0 amide bonds. The molecule has 0 bridgehead atoms. The molecule has 0 saturated carbocycles. The number of aliphatic hydroxyl groups is 1. The molecule has 2 rings (SSSR count). The van der Waals surface area contributed by atoms with Gasteiger partial charge >= 0.3 is 0 Å². The van der Waals surface area contributed by atoms with Crippen LogP contribution in [0.25, 0.3) is 6.08 Å². The fourth-order valence-electron chi connectivity index (χ4n) is 3.58. The van der Waals surface area contributed by atoms with Crippen LogP contribution in [0.1, 0.15) is 59.5 Å². The predicted molar refractivity (Wildman–Crippen MR) is 116 cm³/mol. The summed E-state index contributed by atoms with van der Waals surface area (Å²) in [5.74, 6) is 0.749. The summed E-state index contributed by atoms with van der Waals surface area (Å²) >= 11 is 0. The molecule has 0 radical (unpaired) electrons. The summed E-state index contributed by atoms with van der Waals surface area (Å²) in [6, 6.07) is 0. The lowest BCUT2D eigenvalue weighted by Gasteiger charge is -2.44. The number of rotatable bonds is 6. The number of aliphatic hydroxyl groups excluding tert-OH is 1. The topological polar surface area (TPSA) is 64.7 Å². The maximum atomic E-state index is 10.8. The van der Waals surface area contributed by atoms with E-state index >= 15 is 0 Å². The SMILES string of the molecule is C/C(=C\c1coc(C)n1)[C@@H]1O[C@H](CCO[Si](C)(C)C(C)(C)C)[C@H](C)[C@H](O)[C@H]1C.